The molecule has 0 aromatic carbocycles. The van der Waals surface area contributed by atoms with Gasteiger partial charge in [0.1, 0.15) is 42.7 Å². The lowest BCUT2D eigenvalue weighted by Gasteiger charge is -2.41. The van der Waals surface area contributed by atoms with Crippen LogP contribution < -0.4 is 0 Å². The van der Waals surface area contributed by atoms with Gasteiger partial charge in [0.2, 0.25) is 0 Å². The van der Waals surface area contributed by atoms with Gasteiger partial charge in [0.15, 0.2) is 0 Å². The number of carbonyl (C=O) groups is 1. The summed E-state index contributed by atoms with van der Waals surface area (Å²) in [5, 5.41) is 50.1. The maximum Gasteiger partial charge on any atom is 0.472 e. The summed E-state index contributed by atoms with van der Waals surface area (Å²) in [5.74, 6) is -0.488. The van der Waals surface area contributed by atoms with Crippen LogP contribution in [0.15, 0.2) is 24.3 Å². The Labute approximate surface area is 345 Å². The summed E-state index contributed by atoms with van der Waals surface area (Å²) in [6.45, 7) is 4.22. The monoisotopic (exact) mass is 835 g/mol. The fourth-order valence-corrected chi connectivity index (χ4v) is 7.85. The first-order valence-corrected chi connectivity index (χ1v) is 24.2. The van der Waals surface area contributed by atoms with Gasteiger partial charge in [0, 0.05) is 13.0 Å². The number of aliphatic hydroxyl groups is 5. The second-order valence-electron chi connectivity index (χ2n) is 15.9. The molecule has 1 aliphatic carbocycles. The van der Waals surface area contributed by atoms with Crippen molar-refractivity contribution in [1.82, 2.24) is 0 Å². The first-order chi connectivity index (χ1) is 27.5. The van der Waals surface area contributed by atoms with Crippen molar-refractivity contribution in [3.63, 3.8) is 0 Å². The highest BCUT2D eigenvalue weighted by Crippen LogP contribution is 2.47. The average molecular weight is 835 g/mol. The molecule has 13 heteroatoms. The van der Waals surface area contributed by atoms with Gasteiger partial charge in [-0.2, -0.15) is 0 Å². The lowest BCUT2D eigenvalue weighted by Crippen LogP contribution is -2.64. The number of aliphatic hydroxyl groups excluding tert-OH is 5. The Bertz CT molecular complexity index is 1040. The molecule has 0 spiro atoms. The highest BCUT2D eigenvalue weighted by atomic mass is 31.2. The van der Waals surface area contributed by atoms with Gasteiger partial charge in [0.25, 0.3) is 0 Å². The Morgan fingerprint density at radius 3 is 1.39 bits per heavy atom. The zero-order valence-electron chi connectivity index (χ0n) is 35.6. The molecule has 1 rings (SSSR count). The quantitative estimate of drug-likeness (QED) is 0.0150. The molecular weight excluding hydrogens is 751 g/mol. The van der Waals surface area contributed by atoms with Gasteiger partial charge in [-0.1, -0.05) is 141 Å². The number of hydrogen-bond acceptors (Lipinski definition) is 11. The van der Waals surface area contributed by atoms with Gasteiger partial charge in [0.05, 0.1) is 13.2 Å². The molecule has 0 aromatic rings. The minimum absolute atomic E-state index is 0.0820. The third-order valence-electron chi connectivity index (χ3n) is 10.5. The van der Waals surface area contributed by atoms with Gasteiger partial charge < -0.3 is 39.9 Å². The molecule has 12 nitrogen and oxygen atoms in total. The molecule has 0 saturated heterocycles. The smallest absolute Gasteiger partial charge is 0.457 e. The van der Waals surface area contributed by atoms with E-state index in [1.807, 2.05) is 0 Å². The summed E-state index contributed by atoms with van der Waals surface area (Å²) in [6, 6.07) is 0. The van der Waals surface area contributed by atoms with Crippen LogP contribution in [0.3, 0.4) is 0 Å². The zero-order valence-corrected chi connectivity index (χ0v) is 36.5. The van der Waals surface area contributed by atoms with Gasteiger partial charge >= 0.3 is 13.8 Å². The van der Waals surface area contributed by atoms with E-state index < -0.39 is 63.1 Å². The molecule has 0 amide bonds. The van der Waals surface area contributed by atoms with Crippen LogP contribution in [-0.4, -0.2) is 98.9 Å². The molecule has 0 heterocycles. The molecule has 1 fully saturated rings. The molecule has 1 aliphatic rings. The van der Waals surface area contributed by atoms with Crippen molar-refractivity contribution in [1.29, 1.82) is 0 Å². The largest absolute Gasteiger partial charge is 0.472 e. The van der Waals surface area contributed by atoms with Crippen LogP contribution in [0.25, 0.3) is 0 Å². The summed E-state index contributed by atoms with van der Waals surface area (Å²) < 4.78 is 34.1. The number of allylic oxidation sites excluding steroid dienone is 4. The van der Waals surface area contributed by atoms with Crippen molar-refractivity contribution >= 4 is 13.8 Å². The topological polar surface area (TPSA) is 192 Å². The Hall–Kier alpha value is -1.18. The van der Waals surface area contributed by atoms with Crippen LogP contribution in [0.2, 0.25) is 0 Å². The summed E-state index contributed by atoms with van der Waals surface area (Å²) in [4.78, 5) is 23.1. The van der Waals surface area contributed by atoms with Crippen molar-refractivity contribution < 1.29 is 58.3 Å². The number of rotatable bonds is 38. The van der Waals surface area contributed by atoms with Crippen LogP contribution in [0, 0.1) is 0 Å². The van der Waals surface area contributed by atoms with E-state index in [4.69, 9.17) is 18.5 Å². The molecule has 6 unspecified atom stereocenters. The van der Waals surface area contributed by atoms with E-state index in [1.165, 1.54) is 89.9 Å². The third-order valence-corrected chi connectivity index (χ3v) is 11.5. The van der Waals surface area contributed by atoms with E-state index in [0.29, 0.717) is 13.0 Å². The number of hydrogen-bond donors (Lipinski definition) is 6. The predicted octanol–water partition coefficient (Wildman–Crippen LogP) is 8.92. The molecule has 0 radical (unpaired) electrons. The summed E-state index contributed by atoms with van der Waals surface area (Å²) >= 11 is 0. The first kappa shape index (κ1) is 53.8. The SMILES string of the molecule is CCCCCCC/C=C\CCCCCCCC(=O)OC(COCCCCCCCC/C=C\CCCCCCCC)COP(=O)(O)OC1C(O)C(O)C(O)C(O)C1O. The average Bonchev–Trinajstić information content (AvgIpc) is 3.19. The summed E-state index contributed by atoms with van der Waals surface area (Å²) in [5.41, 5.74) is 0. The molecule has 336 valence electrons. The Kier molecular flexibility index (Phi) is 33.6. The standard InChI is InChI=1S/C44H83O12P/c1-3-5-7-9-11-13-15-17-19-20-22-24-26-28-30-32-34-53-35-37(36-54-57(51,52)56-44-42(49)40(47)39(46)41(48)43(44)50)55-38(45)33-31-29-27-25-23-21-18-16-14-12-10-8-6-4-2/h16-19,37,39-44,46-50H,3-15,20-36H2,1-2H3,(H,51,52)/b18-16-,19-17-. The molecule has 0 aliphatic heterocycles. The lowest BCUT2D eigenvalue weighted by molar-refractivity contribution is -0.220. The van der Waals surface area contributed by atoms with Gasteiger partial charge in [-0.25, -0.2) is 4.57 Å². The summed E-state index contributed by atoms with van der Waals surface area (Å²) in [6.07, 6.45) is 26.7. The summed E-state index contributed by atoms with van der Waals surface area (Å²) in [7, 11) is -5.02. The van der Waals surface area contributed by atoms with E-state index in [1.54, 1.807) is 0 Å². The van der Waals surface area contributed by atoms with E-state index in [9.17, 15) is 39.8 Å². The highest BCUT2D eigenvalue weighted by molar-refractivity contribution is 7.47. The Balaban J connectivity index is 2.42. The van der Waals surface area contributed by atoms with Crippen LogP contribution in [0.4, 0.5) is 0 Å². The number of carbonyl (C=O) groups excluding carboxylic acids is 1. The molecular formula is C44H83O12P. The fourth-order valence-electron chi connectivity index (χ4n) is 6.87. The van der Waals surface area contributed by atoms with Crippen molar-refractivity contribution in [3.05, 3.63) is 24.3 Å². The van der Waals surface area contributed by atoms with Crippen molar-refractivity contribution in [3.8, 4) is 0 Å². The molecule has 0 bridgehead atoms. The maximum absolute atomic E-state index is 12.8. The van der Waals surface area contributed by atoms with E-state index in [-0.39, 0.29) is 13.0 Å². The second-order valence-corrected chi connectivity index (χ2v) is 17.3. The normalized spacial score (nSPS) is 23.0. The second kappa shape index (κ2) is 35.6. The minimum atomic E-state index is -5.02. The Morgan fingerprint density at radius 2 is 0.930 bits per heavy atom. The van der Waals surface area contributed by atoms with Gasteiger partial charge in [-0.3, -0.25) is 13.8 Å². The number of ether oxygens (including phenoxy) is 2. The van der Waals surface area contributed by atoms with Crippen LogP contribution in [0.5, 0.6) is 0 Å². The molecule has 1 saturated carbocycles. The Morgan fingerprint density at radius 1 is 0.544 bits per heavy atom. The van der Waals surface area contributed by atoms with Crippen LogP contribution in [0.1, 0.15) is 187 Å². The van der Waals surface area contributed by atoms with E-state index in [0.717, 1.165) is 70.6 Å². The van der Waals surface area contributed by atoms with Crippen LogP contribution in [-0.2, 0) is 27.9 Å². The zero-order chi connectivity index (χ0) is 42.0. The minimum Gasteiger partial charge on any atom is -0.457 e. The van der Waals surface area contributed by atoms with Gasteiger partial charge in [-0.05, 0) is 64.2 Å². The molecule has 0 aromatic heterocycles. The molecule has 57 heavy (non-hydrogen) atoms. The highest BCUT2D eigenvalue weighted by Gasteiger charge is 2.51. The first-order valence-electron chi connectivity index (χ1n) is 22.7. The van der Waals surface area contributed by atoms with Crippen molar-refractivity contribution in [2.45, 2.75) is 230 Å². The number of phosphoric ester groups is 1. The molecule has 6 N–H and O–H groups in total. The third kappa shape index (κ3) is 28.1. The van der Waals surface area contributed by atoms with E-state index in [2.05, 4.69) is 38.2 Å². The van der Waals surface area contributed by atoms with Gasteiger partial charge in [-0.15, -0.1) is 0 Å². The van der Waals surface area contributed by atoms with Crippen LogP contribution >= 0.6 is 7.82 Å². The number of esters is 1. The fraction of sp³-hybridized carbons (Fsp3) is 0.886. The van der Waals surface area contributed by atoms with Crippen molar-refractivity contribution in [2.75, 3.05) is 19.8 Å². The lowest BCUT2D eigenvalue weighted by atomic mass is 9.85. The number of phosphoric acid groups is 1. The number of unbranched alkanes of at least 4 members (excludes halogenated alkanes) is 22. The maximum atomic E-state index is 12.8. The molecule has 6 atom stereocenters. The van der Waals surface area contributed by atoms with Crippen molar-refractivity contribution in [2.24, 2.45) is 0 Å². The predicted molar refractivity (Wildman–Crippen MR) is 226 cm³/mol. The van der Waals surface area contributed by atoms with E-state index >= 15 is 0 Å².